The Kier molecular flexibility index (Phi) is 3.44. The van der Waals surface area contributed by atoms with Crippen molar-refractivity contribution in [3.05, 3.63) is 51.7 Å². The maximum atomic E-state index is 11.9. The smallest absolute Gasteiger partial charge is 0.251 e. The average molecular weight is 246 g/mol. The quantitative estimate of drug-likeness (QED) is 0.818. The Bertz CT molecular complexity index is 520. The molecule has 88 valence electrons. The molecule has 1 aromatic heterocycles. The number of nitrogens with one attached hydrogen (secondary N) is 1. The molecule has 3 N–H and O–H groups in total. The number of hydrogen-bond donors (Lipinski definition) is 2. The summed E-state index contributed by atoms with van der Waals surface area (Å²) < 4.78 is 0. The molecular formula is C13H14N2OS. The molecule has 0 atom stereocenters. The van der Waals surface area contributed by atoms with Crippen LogP contribution in [0.4, 0.5) is 5.69 Å². The van der Waals surface area contributed by atoms with Gasteiger partial charge in [-0.1, -0.05) is 0 Å². The lowest BCUT2D eigenvalue weighted by Crippen LogP contribution is -2.23. The van der Waals surface area contributed by atoms with Gasteiger partial charge in [0.05, 0.1) is 0 Å². The molecule has 0 spiro atoms. The summed E-state index contributed by atoms with van der Waals surface area (Å²) in [5, 5.41) is 6.91. The molecule has 17 heavy (non-hydrogen) atoms. The molecule has 0 saturated heterocycles. The van der Waals surface area contributed by atoms with Gasteiger partial charge in [-0.25, -0.2) is 0 Å². The van der Waals surface area contributed by atoms with E-state index in [0.29, 0.717) is 17.8 Å². The first-order chi connectivity index (χ1) is 8.16. The van der Waals surface area contributed by atoms with E-state index in [0.717, 1.165) is 11.1 Å². The Morgan fingerprint density at radius 1 is 1.41 bits per heavy atom. The molecule has 1 heterocycles. The van der Waals surface area contributed by atoms with Gasteiger partial charge in [0.2, 0.25) is 0 Å². The van der Waals surface area contributed by atoms with Gasteiger partial charge in [-0.15, -0.1) is 0 Å². The zero-order valence-corrected chi connectivity index (χ0v) is 10.4. The molecule has 4 heteroatoms. The highest BCUT2D eigenvalue weighted by Crippen LogP contribution is 2.13. The minimum atomic E-state index is -0.0614. The third-order valence-corrected chi connectivity index (χ3v) is 3.26. The predicted octanol–water partition coefficient (Wildman–Crippen LogP) is 2.57. The second kappa shape index (κ2) is 5.01. The molecule has 3 nitrogen and oxygen atoms in total. The molecule has 0 aliphatic carbocycles. The molecule has 0 fully saturated rings. The minimum Gasteiger partial charge on any atom is -0.399 e. The van der Waals surface area contributed by atoms with E-state index in [1.807, 2.05) is 23.8 Å². The summed E-state index contributed by atoms with van der Waals surface area (Å²) in [4.78, 5) is 11.9. The molecule has 1 aromatic carbocycles. The van der Waals surface area contributed by atoms with Crippen molar-refractivity contribution in [2.75, 3.05) is 5.73 Å². The zero-order chi connectivity index (χ0) is 12.3. The number of rotatable bonds is 3. The highest BCUT2D eigenvalue weighted by atomic mass is 32.1. The number of anilines is 1. The van der Waals surface area contributed by atoms with Crippen molar-refractivity contribution in [2.24, 2.45) is 0 Å². The van der Waals surface area contributed by atoms with Gasteiger partial charge in [-0.05, 0) is 53.1 Å². The molecule has 0 unspecified atom stereocenters. The van der Waals surface area contributed by atoms with E-state index >= 15 is 0 Å². The van der Waals surface area contributed by atoms with Crippen molar-refractivity contribution in [1.82, 2.24) is 5.32 Å². The molecule has 2 rings (SSSR count). The van der Waals surface area contributed by atoms with Gasteiger partial charge >= 0.3 is 0 Å². The van der Waals surface area contributed by atoms with Crippen LogP contribution in [0, 0.1) is 6.92 Å². The van der Waals surface area contributed by atoms with Gasteiger partial charge in [0.25, 0.3) is 5.91 Å². The number of amides is 1. The molecule has 0 radical (unpaired) electrons. The minimum absolute atomic E-state index is 0.0614. The van der Waals surface area contributed by atoms with E-state index in [4.69, 9.17) is 5.73 Å². The molecule has 0 saturated carbocycles. The lowest BCUT2D eigenvalue weighted by Gasteiger charge is -2.07. The molecule has 1 amide bonds. The van der Waals surface area contributed by atoms with Crippen molar-refractivity contribution in [1.29, 1.82) is 0 Å². The second-order valence-electron chi connectivity index (χ2n) is 3.89. The third kappa shape index (κ3) is 2.85. The highest BCUT2D eigenvalue weighted by Gasteiger charge is 2.08. The Morgan fingerprint density at radius 3 is 2.88 bits per heavy atom. The lowest BCUT2D eigenvalue weighted by atomic mass is 10.1. The molecule has 0 aliphatic rings. The number of thiophene rings is 1. The first-order valence-electron chi connectivity index (χ1n) is 5.32. The SMILES string of the molecule is Cc1cc(N)ccc1C(=O)NCc1ccsc1. The summed E-state index contributed by atoms with van der Waals surface area (Å²) in [6.45, 7) is 2.45. The Balaban J connectivity index is 2.04. The van der Waals surface area contributed by atoms with Crippen molar-refractivity contribution >= 4 is 22.9 Å². The Labute approximate surface area is 104 Å². The summed E-state index contributed by atoms with van der Waals surface area (Å²) in [7, 11) is 0. The Morgan fingerprint density at radius 2 is 2.24 bits per heavy atom. The number of carbonyl (C=O) groups excluding carboxylic acids is 1. The maximum absolute atomic E-state index is 11.9. The standard InChI is InChI=1S/C13H14N2OS/c1-9-6-11(14)2-3-12(9)13(16)15-7-10-4-5-17-8-10/h2-6,8H,7,14H2,1H3,(H,15,16). The first-order valence-corrected chi connectivity index (χ1v) is 6.26. The van der Waals surface area contributed by atoms with Crippen molar-refractivity contribution in [2.45, 2.75) is 13.5 Å². The topological polar surface area (TPSA) is 55.1 Å². The van der Waals surface area contributed by atoms with E-state index in [9.17, 15) is 4.79 Å². The normalized spacial score (nSPS) is 10.2. The summed E-state index contributed by atoms with van der Waals surface area (Å²) in [5.41, 5.74) is 9.02. The first kappa shape index (κ1) is 11.7. The Hall–Kier alpha value is -1.81. The van der Waals surface area contributed by atoms with Gasteiger partial charge in [0.15, 0.2) is 0 Å². The molecule has 0 aliphatic heterocycles. The van der Waals surface area contributed by atoms with Crippen molar-refractivity contribution in [3.8, 4) is 0 Å². The summed E-state index contributed by atoms with van der Waals surface area (Å²) in [6, 6.07) is 7.31. The summed E-state index contributed by atoms with van der Waals surface area (Å²) in [6.07, 6.45) is 0. The van der Waals surface area contributed by atoms with Crippen LogP contribution < -0.4 is 11.1 Å². The predicted molar refractivity (Wildman–Crippen MR) is 71.1 cm³/mol. The fourth-order valence-electron chi connectivity index (χ4n) is 1.61. The number of carbonyl (C=O) groups is 1. The second-order valence-corrected chi connectivity index (χ2v) is 4.67. The van der Waals surface area contributed by atoms with E-state index in [2.05, 4.69) is 5.32 Å². The highest BCUT2D eigenvalue weighted by molar-refractivity contribution is 7.07. The molecule has 0 bridgehead atoms. The average Bonchev–Trinajstić information content (AvgIpc) is 2.78. The van der Waals surface area contributed by atoms with Crippen LogP contribution in [0.2, 0.25) is 0 Å². The lowest BCUT2D eigenvalue weighted by molar-refractivity contribution is 0.0950. The zero-order valence-electron chi connectivity index (χ0n) is 9.57. The fourth-order valence-corrected chi connectivity index (χ4v) is 2.28. The van der Waals surface area contributed by atoms with Crippen LogP contribution in [-0.2, 0) is 6.54 Å². The van der Waals surface area contributed by atoms with Gasteiger partial charge in [0, 0.05) is 17.8 Å². The number of nitrogen functional groups attached to an aromatic ring is 1. The number of aryl methyl sites for hydroxylation is 1. The van der Waals surface area contributed by atoms with Crippen LogP contribution in [0.25, 0.3) is 0 Å². The van der Waals surface area contributed by atoms with Crippen LogP contribution in [0.1, 0.15) is 21.5 Å². The molecule has 2 aromatic rings. The summed E-state index contributed by atoms with van der Waals surface area (Å²) >= 11 is 1.62. The van der Waals surface area contributed by atoms with Gasteiger partial charge in [-0.2, -0.15) is 11.3 Å². The number of hydrogen-bond acceptors (Lipinski definition) is 3. The molecular weight excluding hydrogens is 232 g/mol. The van der Waals surface area contributed by atoms with Crippen molar-refractivity contribution < 1.29 is 4.79 Å². The fraction of sp³-hybridized carbons (Fsp3) is 0.154. The monoisotopic (exact) mass is 246 g/mol. The van der Waals surface area contributed by atoms with Gasteiger partial charge < -0.3 is 11.1 Å². The maximum Gasteiger partial charge on any atom is 0.251 e. The van der Waals surface area contributed by atoms with Crippen LogP contribution in [-0.4, -0.2) is 5.91 Å². The van der Waals surface area contributed by atoms with Crippen LogP contribution in [0.15, 0.2) is 35.0 Å². The van der Waals surface area contributed by atoms with Crippen molar-refractivity contribution in [3.63, 3.8) is 0 Å². The van der Waals surface area contributed by atoms with Crippen LogP contribution >= 0.6 is 11.3 Å². The van der Waals surface area contributed by atoms with E-state index < -0.39 is 0 Å². The number of nitrogens with two attached hydrogens (primary N) is 1. The number of benzene rings is 1. The van der Waals surface area contributed by atoms with E-state index in [-0.39, 0.29) is 5.91 Å². The van der Waals surface area contributed by atoms with E-state index in [1.165, 1.54) is 0 Å². The van der Waals surface area contributed by atoms with Crippen LogP contribution in [0.5, 0.6) is 0 Å². The van der Waals surface area contributed by atoms with E-state index in [1.54, 1.807) is 29.5 Å². The van der Waals surface area contributed by atoms with Crippen LogP contribution in [0.3, 0.4) is 0 Å². The largest absolute Gasteiger partial charge is 0.399 e. The third-order valence-electron chi connectivity index (χ3n) is 2.53. The summed E-state index contributed by atoms with van der Waals surface area (Å²) in [5.74, 6) is -0.0614. The van der Waals surface area contributed by atoms with Gasteiger partial charge in [-0.3, -0.25) is 4.79 Å². The van der Waals surface area contributed by atoms with Gasteiger partial charge in [0.1, 0.15) is 0 Å².